The fraction of sp³-hybridized carbons (Fsp3) is 0.0833. The quantitative estimate of drug-likeness (QED) is 0.292. The lowest BCUT2D eigenvalue weighted by Crippen LogP contribution is -2.26. The predicted molar refractivity (Wildman–Crippen MR) is 131 cm³/mol. The normalized spacial score (nSPS) is 12.2. The third kappa shape index (κ3) is 3.90. The van der Waals surface area contributed by atoms with Gasteiger partial charge >= 0.3 is 0 Å². The number of thiazole rings is 1. The predicted octanol–water partition coefficient (Wildman–Crippen LogP) is 5.11. The highest BCUT2D eigenvalue weighted by molar-refractivity contribution is 8.00. The number of aromatic nitrogens is 3. The lowest BCUT2D eigenvalue weighted by Gasteiger charge is -2.16. The van der Waals surface area contributed by atoms with Crippen LogP contribution in [0.2, 0.25) is 0 Å². The first kappa shape index (κ1) is 20.4. The van der Waals surface area contributed by atoms with Gasteiger partial charge in [-0.2, -0.15) is 0 Å². The summed E-state index contributed by atoms with van der Waals surface area (Å²) in [6, 6.07) is 24.3. The van der Waals surface area contributed by atoms with Crippen LogP contribution in [0, 0.1) is 0 Å². The van der Waals surface area contributed by atoms with Crippen LogP contribution in [0.4, 0.5) is 5.13 Å². The molecule has 2 aromatic heterocycles. The molecule has 158 valence electrons. The molecule has 1 unspecified atom stereocenters. The molecule has 2 heterocycles. The molecule has 0 spiro atoms. The molecule has 0 aliphatic carbocycles. The number of hydrogen-bond acceptors (Lipinski definition) is 6. The Morgan fingerprint density at radius 3 is 2.41 bits per heavy atom. The second-order valence-electron chi connectivity index (χ2n) is 7.12. The van der Waals surface area contributed by atoms with Gasteiger partial charge in [0.25, 0.3) is 5.56 Å². The number of hydrogen-bond donors (Lipinski definition) is 1. The van der Waals surface area contributed by atoms with Crippen molar-refractivity contribution in [1.82, 2.24) is 14.5 Å². The second-order valence-corrected chi connectivity index (χ2v) is 9.46. The van der Waals surface area contributed by atoms with Crippen molar-refractivity contribution in [3.8, 4) is 5.69 Å². The highest BCUT2D eigenvalue weighted by Gasteiger charge is 2.21. The maximum Gasteiger partial charge on any atom is 0.266 e. The molecule has 0 aliphatic heterocycles. The third-order valence-electron chi connectivity index (χ3n) is 4.93. The number of fused-ring (bicyclic) bond motifs is 2. The molecule has 0 fully saturated rings. The van der Waals surface area contributed by atoms with Crippen LogP contribution in [0.15, 0.2) is 88.8 Å². The molecule has 1 atom stereocenters. The van der Waals surface area contributed by atoms with Crippen LogP contribution in [0.1, 0.15) is 6.92 Å². The summed E-state index contributed by atoms with van der Waals surface area (Å²) in [5.41, 5.74) is 1.99. The molecule has 1 N–H and O–H groups in total. The van der Waals surface area contributed by atoms with Gasteiger partial charge in [-0.25, -0.2) is 9.97 Å². The van der Waals surface area contributed by atoms with Crippen molar-refractivity contribution in [3.05, 3.63) is 89.2 Å². The molecule has 32 heavy (non-hydrogen) atoms. The monoisotopic (exact) mass is 458 g/mol. The third-order valence-corrected chi connectivity index (χ3v) is 6.94. The van der Waals surface area contributed by atoms with Crippen LogP contribution >= 0.6 is 23.1 Å². The molecule has 0 saturated heterocycles. The smallest absolute Gasteiger partial charge is 0.266 e. The number of nitrogens with zero attached hydrogens (tertiary/aromatic N) is 3. The van der Waals surface area contributed by atoms with E-state index < -0.39 is 5.25 Å². The average molecular weight is 459 g/mol. The zero-order valence-electron chi connectivity index (χ0n) is 17.1. The van der Waals surface area contributed by atoms with Gasteiger partial charge in [-0.3, -0.25) is 14.2 Å². The summed E-state index contributed by atoms with van der Waals surface area (Å²) < 4.78 is 2.58. The molecule has 8 heteroatoms. The van der Waals surface area contributed by atoms with E-state index in [1.165, 1.54) is 23.1 Å². The van der Waals surface area contributed by atoms with Gasteiger partial charge in [-0.15, -0.1) is 0 Å². The van der Waals surface area contributed by atoms with Crippen molar-refractivity contribution in [2.24, 2.45) is 0 Å². The van der Waals surface area contributed by atoms with Crippen LogP contribution in [-0.4, -0.2) is 25.7 Å². The first-order valence-electron chi connectivity index (χ1n) is 10.0. The summed E-state index contributed by atoms with van der Waals surface area (Å²) in [6.45, 7) is 1.80. The summed E-state index contributed by atoms with van der Waals surface area (Å²) in [5.74, 6) is -0.198. The van der Waals surface area contributed by atoms with Crippen LogP contribution in [0.3, 0.4) is 0 Å². The van der Waals surface area contributed by atoms with Gasteiger partial charge < -0.3 is 5.32 Å². The van der Waals surface area contributed by atoms with E-state index in [1.54, 1.807) is 17.6 Å². The Labute approximate surface area is 192 Å². The van der Waals surface area contributed by atoms with Gasteiger partial charge in [0.05, 0.1) is 32.1 Å². The summed E-state index contributed by atoms with van der Waals surface area (Å²) in [5, 5.41) is 3.95. The van der Waals surface area contributed by atoms with Gasteiger partial charge in [-0.05, 0) is 43.3 Å². The van der Waals surface area contributed by atoms with Gasteiger partial charge in [0.15, 0.2) is 10.3 Å². The first-order valence-corrected chi connectivity index (χ1v) is 11.7. The van der Waals surface area contributed by atoms with Crippen LogP contribution in [0.25, 0.3) is 26.8 Å². The van der Waals surface area contributed by atoms with E-state index in [1.807, 2.05) is 72.8 Å². The number of carbonyl (C=O) groups is 1. The molecule has 0 aliphatic rings. The van der Waals surface area contributed by atoms with E-state index >= 15 is 0 Å². The number of para-hydroxylation sites is 3. The Bertz CT molecular complexity index is 1460. The van der Waals surface area contributed by atoms with Crippen LogP contribution < -0.4 is 10.9 Å². The Morgan fingerprint density at radius 1 is 0.938 bits per heavy atom. The van der Waals surface area contributed by atoms with Crippen molar-refractivity contribution in [2.75, 3.05) is 5.32 Å². The number of amides is 1. The van der Waals surface area contributed by atoms with E-state index in [9.17, 15) is 9.59 Å². The lowest BCUT2D eigenvalue weighted by atomic mass is 10.2. The van der Waals surface area contributed by atoms with Crippen molar-refractivity contribution in [2.45, 2.75) is 17.3 Å². The van der Waals surface area contributed by atoms with Crippen LogP contribution in [-0.2, 0) is 4.79 Å². The number of thioether (sulfide) groups is 1. The van der Waals surface area contributed by atoms with E-state index in [0.717, 1.165) is 10.2 Å². The number of anilines is 1. The summed E-state index contributed by atoms with van der Waals surface area (Å²) in [6.07, 6.45) is 0. The maximum absolute atomic E-state index is 13.3. The fourth-order valence-electron chi connectivity index (χ4n) is 3.34. The highest BCUT2D eigenvalue weighted by Crippen LogP contribution is 2.28. The van der Waals surface area contributed by atoms with Gasteiger partial charge in [0.2, 0.25) is 5.91 Å². The van der Waals surface area contributed by atoms with Gasteiger partial charge in [0, 0.05) is 0 Å². The average Bonchev–Trinajstić information content (AvgIpc) is 3.22. The fourth-order valence-corrected chi connectivity index (χ4v) is 5.14. The van der Waals surface area contributed by atoms with Crippen molar-refractivity contribution < 1.29 is 4.79 Å². The number of carbonyl (C=O) groups excluding carboxylic acids is 1. The lowest BCUT2D eigenvalue weighted by molar-refractivity contribution is -0.115. The highest BCUT2D eigenvalue weighted by atomic mass is 32.2. The van der Waals surface area contributed by atoms with E-state index in [-0.39, 0.29) is 11.5 Å². The number of rotatable bonds is 5. The minimum atomic E-state index is -0.495. The van der Waals surface area contributed by atoms with Gasteiger partial charge in [0.1, 0.15) is 0 Å². The van der Waals surface area contributed by atoms with E-state index in [2.05, 4.69) is 10.3 Å². The van der Waals surface area contributed by atoms with Crippen molar-refractivity contribution >= 4 is 55.3 Å². The molecular formula is C24H18N4O2S2. The molecule has 5 rings (SSSR count). The minimum Gasteiger partial charge on any atom is -0.301 e. The zero-order chi connectivity index (χ0) is 22.1. The Balaban J connectivity index is 1.48. The Hall–Kier alpha value is -3.49. The van der Waals surface area contributed by atoms with Gasteiger partial charge in [-0.1, -0.05) is 65.6 Å². The second kappa shape index (κ2) is 8.57. The molecule has 6 nitrogen and oxygen atoms in total. The van der Waals surface area contributed by atoms with Crippen molar-refractivity contribution in [1.29, 1.82) is 0 Å². The van der Waals surface area contributed by atoms with E-state index in [0.29, 0.717) is 26.9 Å². The Kier molecular flexibility index (Phi) is 5.46. The molecule has 0 saturated carbocycles. The number of benzene rings is 3. The molecule has 0 radical (unpaired) electrons. The van der Waals surface area contributed by atoms with E-state index in [4.69, 9.17) is 4.98 Å². The molecular weight excluding hydrogens is 440 g/mol. The summed E-state index contributed by atoms with van der Waals surface area (Å²) >= 11 is 2.68. The Morgan fingerprint density at radius 2 is 1.62 bits per heavy atom. The standard InChI is InChI=1S/C24H18N4O2S2/c1-15(21(29)27-23-25-19-13-7-8-14-20(19)32-23)31-24-26-18-12-6-5-11-17(18)22(30)28(24)16-9-3-2-4-10-16/h2-15H,1H3,(H,25,27,29). The molecule has 0 bridgehead atoms. The minimum absolute atomic E-state index is 0.164. The molecule has 3 aromatic carbocycles. The van der Waals surface area contributed by atoms with Crippen molar-refractivity contribution in [3.63, 3.8) is 0 Å². The number of nitrogens with one attached hydrogen (secondary N) is 1. The SMILES string of the molecule is CC(Sc1nc2ccccc2c(=O)n1-c1ccccc1)C(=O)Nc1nc2ccccc2s1. The maximum atomic E-state index is 13.3. The summed E-state index contributed by atoms with van der Waals surface area (Å²) in [4.78, 5) is 35.4. The zero-order valence-corrected chi connectivity index (χ0v) is 18.7. The first-order chi connectivity index (χ1) is 15.6. The van der Waals surface area contributed by atoms with Crippen LogP contribution in [0.5, 0.6) is 0 Å². The molecule has 1 amide bonds. The molecule has 5 aromatic rings. The largest absolute Gasteiger partial charge is 0.301 e. The topological polar surface area (TPSA) is 76.9 Å². The summed E-state index contributed by atoms with van der Waals surface area (Å²) in [7, 11) is 0.